The monoisotopic (exact) mass is 244 g/mol. The van der Waals surface area contributed by atoms with Crippen molar-refractivity contribution in [1.29, 1.82) is 0 Å². The summed E-state index contributed by atoms with van der Waals surface area (Å²) in [4.78, 5) is 11.9. The predicted molar refractivity (Wildman–Crippen MR) is 64.8 cm³/mol. The molecule has 92 valence electrons. The molecule has 0 spiro atoms. The average Bonchev–Trinajstić information content (AvgIpc) is 2.96. The van der Waals surface area contributed by atoms with E-state index in [1.165, 1.54) is 0 Å². The van der Waals surface area contributed by atoms with Crippen LogP contribution in [0.5, 0.6) is 5.75 Å². The molecule has 5 nitrogen and oxygen atoms in total. The Hall–Kier alpha value is -2.30. The minimum absolute atomic E-state index is 0.272. The molecule has 1 amide bonds. The highest BCUT2D eigenvalue weighted by Crippen LogP contribution is 2.27. The number of rotatable bonds is 2. The summed E-state index contributed by atoms with van der Waals surface area (Å²) in [6, 6.07) is 7.21. The van der Waals surface area contributed by atoms with Gasteiger partial charge in [-0.3, -0.25) is 4.79 Å². The molecule has 0 aliphatic carbocycles. The smallest absolute Gasteiger partial charge is 0.277 e. The van der Waals surface area contributed by atoms with Crippen LogP contribution in [0.4, 0.5) is 5.69 Å². The van der Waals surface area contributed by atoms with Crippen molar-refractivity contribution in [2.24, 2.45) is 0 Å². The van der Waals surface area contributed by atoms with Crippen molar-refractivity contribution in [3.63, 3.8) is 0 Å². The maximum atomic E-state index is 11.9. The van der Waals surface area contributed by atoms with Crippen molar-refractivity contribution < 1.29 is 14.1 Å². The van der Waals surface area contributed by atoms with E-state index < -0.39 is 0 Å². The molecule has 18 heavy (non-hydrogen) atoms. The normalized spacial score (nSPS) is 12.9. The van der Waals surface area contributed by atoms with Crippen molar-refractivity contribution in [3.8, 4) is 5.75 Å². The third kappa shape index (κ3) is 1.95. The molecule has 0 saturated heterocycles. The van der Waals surface area contributed by atoms with Crippen molar-refractivity contribution in [1.82, 2.24) is 5.16 Å². The fourth-order valence-electron chi connectivity index (χ4n) is 1.93. The maximum Gasteiger partial charge on any atom is 0.277 e. The molecule has 0 saturated carbocycles. The Bertz CT molecular complexity index is 604. The number of nitrogens with zero attached hydrogens (tertiary/aromatic N) is 1. The standard InChI is InChI=1S/C13H12N2O3/c1-8-6-11(15-18-8)13(16)14-10-2-3-12-9(7-10)4-5-17-12/h2-3,6-7H,4-5H2,1H3,(H,14,16). The zero-order chi connectivity index (χ0) is 12.5. The predicted octanol–water partition coefficient (Wildman–Crippen LogP) is 2.17. The second kappa shape index (κ2) is 4.18. The van der Waals surface area contributed by atoms with Crippen molar-refractivity contribution in [2.75, 3.05) is 11.9 Å². The average molecular weight is 244 g/mol. The summed E-state index contributed by atoms with van der Waals surface area (Å²) in [6.07, 6.45) is 0.877. The van der Waals surface area contributed by atoms with E-state index in [0.29, 0.717) is 12.4 Å². The molecule has 0 radical (unpaired) electrons. The van der Waals surface area contributed by atoms with Crippen LogP contribution < -0.4 is 10.1 Å². The second-order valence-electron chi connectivity index (χ2n) is 4.20. The Balaban J connectivity index is 1.78. The second-order valence-corrected chi connectivity index (χ2v) is 4.20. The first kappa shape index (κ1) is 10.8. The molecule has 1 N–H and O–H groups in total. The Morgan fingerprint density at radius 1 is 1.39 bits per heavy atom. The minimum Gasteiger partial charge on any atom is -0.493 e. The fourth-order valence-corrected chi connectivity index (χ4v) is 1.93. The highest BCUT2D eigenvalue weighted by atomic mass is 16.5. The maximum absolute atomic E-state index is 11.9. The van der Waals surface area contributed by atoms with Crippen molar-refractivity contribution in [2.45, 2.75) is 13.3 Å². The molecule has 5 heteroatoms. The molecular formula is C13H12N2O3. The summed E-state index contributed by atoms with van der Waals surface area (Å²) in [7, 11) is 0. The lowest BCUT2D eigenvalue weighted by Gasteiger charge is -2.04. The lowest BCUT2D eigenvalue weighted by molar-refractivity contribution is 0.101. The van der Waals surface area contributed by atoms with Crippen LogP contribution in [0.25, 0.3) is 0 Å². The SMILES string of the molecule is Cc1cc(C(=O)Nc2ccc3c(c2)CCO3)no1. The van der Waals surface area contributed by atoms with E-state index in [9.17, 15) is 4.79 Å². The van der Waals surface area contributed by atoms with Gasteiger partial charge in [0.2, 0.25) is 0 Å². The number of ether oxygens (including phenoxy) is 1. The summed E-state index contributed by atoms with van der Waals surface area (Å²) in [5, 5.41) is 6.46. The van der Waals surface area contributed by atoms with E-state index in [4.69, 9.17) is 9.26 Å². The van der Waals surface area contributed by atoms with Crippen LogP contribution in [0.3, 0.4) is 0 Å². The molecule has 0 bridgehead atoms. The zero-order valence-electron chi connectivity index (χ0n) is 9.90. The number of fused-ring (bicyclic) bond motifs is 1. The number of aromatic nitrogens is 1. The first-order valence-electron chi connectivity index (χ1n) is 5.73. The van der Waals surface area contributed by atoms with E-state index in [1.807, 2.05) is 18.2 Å². The number of amides is 1. The Labute approximate surface area is 104 Å². The van der Waals surface area contributed by atoms with E-state index in [0.717, 1.165) is 23.4 Å². The van der Waals surface area contributed by atoms with Gasteiger partial charge in [-0.2, -0.15) is 0 Å². The number of hydrogen-bond acceptors (Lipinski definition) is 4. The van der Waals surface area contributed by atoms with Crippen LogP contribution in [0.2, 0.25) is 0 Å². The zero-order valence-corrected chi connectivity index (χ0v) is 9.90. The van der Waals surface area contributed by atoms with Gasteiger partial charge < -0.3 is 14.6 Å². The number of aryl methyl sites for hydroxylation is 1. The number of carbonyl (C=O) groups is 1. The Morgan fingerprint density at radius 2 is 2.28 bits per heavy atom. The summed E-state index contributed by atoms with van der Waals surface area (Å²) >= 11 is 0. The highest BCUT2D eigenvalue weighted by Gasteiger charge is 2.15. The molecular weight excluding hydrogens is 232 g/mol. The van der Waals surface area contributed by atoms with Gasteiger partial charge in [0.05, 0.1) is 6.61 Å². The van der Waals surface area contributed by atoms with Crippen LogP contribution in [0, 0.1) is 6.92 Å². The summed E-state index contributed by atoms with van der Waals surface area (Å²) in [5.74, 6) is 1.23. The van der Waals surface area contributed by atoms with E-state index in [-0.39, 0.29) is 11.6 Å². The molecule has 1 aliphatic heterocycles. The van der Waals surface area contributed by atoms with Crippen molar-refractivity contribution >= 4 is 11.6 Å². The van der Waals surface area contributed by atoms with E-state index in [2.05, 4.69) is 10.5 Å². The lowest BCUT2D eigenvalue weighted by Crippen LogP contribution is -2.12. The molecule has 0 unspecified atom stereocenters. The molecule has 2 heterocycles. The minimum atomic E-state index is -0.272. The van der Waals surface area contributed by atoms with E-state index in [1.54, 1.807) is 13.0 Å². The van der Waals surface area contributed by atoms with Crippen LogP contribution in [0.1, 0.15) is 21.8 Å². The molecule has 2 aromatic rings. The molecule has 1 aromatic heterocycles. The van der Waals surface area contributed by atoms with Crippen LogP contribution in [-0.2, 0) is 6.42 Å². The van der Waals surface area contributed by atoms with Gasteiger partial charge in [-0.15, -0.1) is 0 Å². The first-order chi connectivity index (χ1) is 8.72. The number of nitrogens with one attached hydrogen (secondary N) is 1. The van der Waals surface area contributed by atoms with Crippen LogP contribution in [0.15, 0.2) is 28.8 Å². The fraction of sp³-hybridized carbons (Fsp3) is 0.231. The van der Waals surface area contributed by atoms with Gasteiger partial charge >= 0.3 is 0 Å². The first-order valence-corrected chi connectivity index (χ1v) is 5.73. The summed E-state index contributed by atoms with van der Waals surface area (Å²) in [5.41, 5.74) is 2.14. The highest BCUT2D eigenvalue weighted by molar-refractivity contribution is 6.02. The van der Waals surface area contributed by atoms with Gasteiger partial charge in [0.15, 0.2) is 5.69 Å². The summed E-state index contributed by atoms with van der Waals surface area (Å²) in [6.45, 7) is 2.45. The van der Waals surface area contributed by atoms with Gasteiger partial charge in [0, 0.05) is 18.2 Å². The molecule has 0 atom stereocenters. The number of benzene rings is 1. The van der Waals surface area contributed by atoms with Crippen molar-refractivity contribution in [3.05, 3.63) is 41.3 Å². The van der Waals surface area contributed by atoms with Gasteiger partial charge in [0.25, 0.3) is 5.91 Å². The molecule has 0 fully saturated rings. The molecule has 1 aliphatic rings. The third-order valence-corrected chi connectivity index (χ3v) is 2.81. The van der Waals surface area contributed by atoms with Gasteiger partial charge in [0.1, 0.15) is 11.5 Å². The quantitative estimate of drug-likeness (QED) is 0.879. The van der Waals surface area contributed by atoms with E-state index >= 15 is 0 Å². The van der Waals surface area contributed by atoms with Gasteiger partial charge in [-0.05, 0) is 30.7 Å². The Kier molecular flexibility index (Phi) is 2.51. The Morgan fingerprint density at radius 3 is 3.06 bits per heavy atom. The largest absolute Gasteiger partial charge is 0.493 e. The third-order valence-electron chi connectivity index (χ3n) is 2.81. The van der Waals surface area contributed by atoms with Gasteiger partial charge in [-0.25, -0.2) is 0 Å². The van der Waals surface area contributed by atoms with Gasteiger partial charge in [-0.1, -0.05) is 5.16 Å². The van der Waals surface area contributed by atoms with Crippen LogP contribution in [-0.4, -0.2) is 17.7 Å². The molecule has 3 rings (SSSR count). The number of hydrogen-bond donors (Lipinski definition) is 1. The molecule has 1 aromatic carbocycles. The number of anilines is 1. The summed E-state index contributed by atoms with van der Waals surface area (Å²) < 4.78 is 10.3. The lowest BCUT2D eigenvalue weighted by atomic mass is 10.1. The topological polar surface area (TPSA) is 64.4 Å². The number of carbonyl (C=O) groups excluding carboxylic acids is 1. The van der Waals surface area contributed by atoms with Crippen LogP contribution >= 0.6 is 0 Å².